The Labute approximate surface area is 140 Å². The first-order chi connectivity index (χ1) is 11.6. The molecule has 4 rings (SSSR count). The van der Waals surface area contributed by atoms with Crippen LogP contribution in [-0.4, -0.2) is 78.1 Å². The molecule has 1 atom stereocenters. The zero-order chi connectivity index (χ0) is 16.7. The summed E-state index contributed by atoms with van der Waals surface area (Å²) < 4.78 is 10.9. The van der Waals surface area contributed by atoms with Crippen LogP contribution < -0.4 is 5.32 Å². The highest BCUT2D eigenvalue weighted by atomic mass is 16.5. The predicted molar refractivity (Wildman–Crippen MR) is 83.2 cm³/mol. The van der Waals surface area contributed by atoms with Crippen LogP contribution in [0.15, 0.2) is 17.1 Å². The molecule has 0 aromatic carbocycles. The first-order valence-electron chi connectivity index (χ1n) is 8.37. The lowest BCUT2D eigenvalue weighted by molar-refractivity contribution is -0.191. The molecule has 1 aliphatic carbocycles. The summed E-state index contributed by atoms with van der Waals surface area (Å²) in [6.07, 6.45) is 5.09. The van der Waals surface area contributed by atoms with Crippen molar-refractivity contribution in [3.63, 3.8) is 0 Å². The number of aromatic nitrogens is 1. The molecule has 8 nitrogen and oxygen atoms in total. The van der Waals surface area contributed by atoms with Crippen LogP contribution >= 0.6 is 0 Å². The first-order valence-corrected chi connectivity index (χ1v) is 8.37. The average Bonchev–Trinajstić information content (AvgIpc) is 3.20. The Morgan fingerprint density at radius 1 is 1.38 bits per heavy atom. The summed E-state index contributed by atoms with van der Waals surface area (Å²) in [5, 5.41) is 2.72. The minimum atomic E-state index is -0.362. The van der Waals surface area contributed by atoms with Crippen LogP contribution in [0.1, 0.15) is 23.3 Å². The summed E-state index contributed by atoms with van der Waals surface area (Å²) in [7, 11) is 1.66. The van der Waals surface area contributed by atoms with E-state index in [4.69, 9.17) is 9.15 Å². The molecule has 24 heavy (non-hydrogen) atoms. The molecule has 3 aliphatic rings. The Hall–Kier alpha value is -1.93. The third-order valence-electron chi connectivity index (χ3n) is 5.11. The number of carbonyl (C=O) groups excluding carboxylic acids is 2. The van der Waals surface area contributed by atoms with Gasteiger partial charge in [0.1, 0.15) is 17.9 Å². The van der Waals surface area contributed by atoms with Crippen molar-refractivity contribution < 1.29 is 18.7 Å². The summed E-state index contributed by atoms with van der Waals surface area (Å²) in [6.45, 7) is 3.05. The molecule has 1 unspecified atom stereocenters. The number of carbonyl (C=O) groups is 2. The van der Waals surface area contributed by atoms with Crippen molar-refractivity contribution in [3.05, 3.63) is 18.4 Å². The van der Waals surface area contributed by atoms with Gasteiger partial charge in [0.15, 0.2) is 12.1 Å². The van der Waals surface area contributed by atoms with Gasteiger partial charge in [0.2, 0.25) is 5.91 Å². The Morgan fingerprint density at radius 2 is 2.17 bits per heavy atom. The molecule has 2 amide bonds. The molecule has 2 aliphatic heterocycles. The number of oxazole rings is 1. The number of likely N-dealkylation sites (N-methyl/N-ethyl adjacent to an activating group) is 1. The standard InChI is InChI=1S/C16H22N4O4/c1-17-14(21)13-6-24-16(7-19(13)4-11-2-3-11)8-20(9-16)15(22)12-5-23-10-18-12/h5,10-11,13H,2-4,6-9H2,1H3,(H,17,21). The molecule has 2 saturated heterocycles. The number of nitrogens with one attached hydrogen (secondary N) is 1. The number of hydrogen-bond donors (Lipinski definition) is 1. The van der Waals surface area contributed by atoms with Crippen LogP contribution in [0.3, 0.4) is 0 Å². The van der Waals surface area contributed by atoms with Gasteiger partial charge in [0, 0.05) is 20.1 Å². The molecule has 1 saturated carbocycles. The van der Waals surface area contributed by atoms with Crippen molar-refractivity contribution in [2.24, 2.45) is 5.92 Å². The van der Waals surface area contributed by atoms with E-state index in [9.17, 15) is 9.59 Å². The monoisotopic (exact) mass is 334 g/mol. The van der Waals surface area contributed by atoms with Gasteiger partial charge in [-0.2, -0.15) is 0 Å². The molecule has 130 valence electrons. The molecule has 8 heteroatoms. The van der Waals surface area contributed by atoms with Gasteiger partial charge < -0.3 is 19.4 Å². The second-order valence-corrected chi connectivity index (χ2v) is 7.03. The molecule has 0 bridgehead atoms. The van der Waals surface area contributed by atoms with Gasteiger partial charge in [-0.1, -0.05) is 0 Å². The molecule has 1 aromatic heterocycles. The van der Waals surface area contributed by atoms with Gasteiger partial charge in [0.25, 0.3) is 5.91 Å². The van der Waals surface area contributed by atoms with Gasteiger partial charge >= 0.3 is 0 Å². The van der Waals surface area contributed by atoms with Gasteiger partial charge in [-0.3, -0.25) is 14.5 Å². The minimum Gasteiger partial charge on any atom is -0.451 e. The molecule has 3 fully saturated rings. The SMILES string of the molecule is CNC(=O)C1COC2(CN(C(=O)c3cocn3)C2)CN1CC1CC1. The number of morpholine rings is 1. The lowest BCUT2D eigenvalue weighted by Crippen LogP contribution is -2.73. The third kappa shape index (κ3) is 2.80. The number of rotatable bonds is 4. The molecule has 1 aromatic rings. The quantitative estimate of drug-likeness (QED) is 0.815. The maximum Gasteiger partial charge on any atom is 0.276 e. The summed E-state index contributed by atoms with van der Waals surface area (Å²) in [6, 6.07) is -0.235. The smallest absolute Gasteiger partial charge is 0.276 e. The molecule has 3 heterocycles. The number of nitrogens with zero attached hydrogens (tertiary/aromatic N) is 3. The third-order valence-corrected chi connectivity index (χ3v) is 5.11. The highest BCUT2D eigenvalue weighted by Gasteiger charge is 2.52. The Kier molecular flexibility index (Phi) is 3.80. The lowest BCUT2D eigenvalue weighted by Gasteiger charge is -2.55. The second-order valence-electron chi connectivity index (χ2n) is 7.03. The van der Waals surface area contributed by atoms with E-state index in [1.54, 1.807) is 11.9 Å². The van der Waals surface area contributed by atoms with E-state index in [1.807, 2.05) is 0 Å². The van der Waals surface area contributed by atoms with Crippen LogP contribution in [0.2, 0.25) is 0 Å². The van der Waals surface area contributed by atoms with Crippen LogP contribution in [0.25, 0.3) is 0 Å². The lowest BCUT2D eigenvalue weighted by atomic mass is 9.90. The van der Waals surface area contributed by atoms with Crippen molar-refractivity contribution in [1.29, 1.82) is 0 Å². The van der Waals surface area contributed by atoms with Crippen LogP contribution in [0, 0.1) is 5.92 Å². The number of likely N-dealkylation sites (tertiary alicyclic amines) is 1. The van der Waals surface area contributed by atoms with E-state index in [1.165, 1.54) is 25.5 Å². The number of amides is 2. The van der Waals surface area contributed by atoms with E-state index >= 15 is 0 Å². The maximum absolute atomic E-state index is 12.3. The maximum atomic E-state index is 12.3. The van der Waals surface area contributed by atoms with Crippen LogP contribution in [0.4, 0.5) is 0 Å². The summed E-state index contributed by atoms with van der Waals surface area (Å²) >= 11 is 0. The highest BCUT2D eigenvalue weighted by Crippen LogP contribution is 2.36. The van der Waals surface area contributed by atoms with Crippen molar-refractivity contribution in [1.82, 2.24) is 20.1 Å². The Morgan fingerprint density at radius 3 is 2.79 bits per heavy atom. The van der Waals surface area contributed by atoms with Crippen molar-refractivity contribution >= 4 is 11.8 Å². The molecular weight excluding hydrogens is 312 g/mol. The van der Waals surface area contributed by atoms with E-state index in [0.717, 1.165) is 6.54 Å². The number of hydrogen-bond acceptors (Lipinski definition) is 6. The second kappa shape index (κ2) is 5.86. The number of ether oxygens (including phenoxy) is 1. The van der Waals surface area contributed by atoms with Gasteiger partial charge in [-0.25, -0.2) is 4.98 Å². The fourth-order valence-corrected chi connectivity index (χ4v) is 3.58. The fraction of sp³-hybridized carbons (Fsp3) is 0.688. The van der Waals surface area contributed by atoms with E-state index in [-0.39, 0.29) is 23.5 Å². The molecular formula is C16H22N4O4. The minimum absolute atomic E-state index is 0.000327. The molecule has 1 spiro atoms. The summed E-state index contributed by atoms with van der Waals surface area (Å²) in [4.78, 5) is 32.2. The molecule has 1 N–H and O–H groups in total. The van der Waals surface area contributed by atoms with E-state index < -0.39 is 0 Å². The van der Waals surface area contributed by atoms with Crippen molar-refractivity contribution in [2.45, 2.75) is 24.5 Å². The zero-order valence-electron chi connectivity index (χ0n) is 13.7. The predicted octanol–water partition coefficient (Wildman–Crippen LogP) is -0.274. The van der Waals surface area contributed by atoms with E-state index in [0.29, 0.717) is 37.9 Å². The van der Waals surface area contributed by atoms with Crippen molar-refractivity contribution in [3.8, 4) is 0 Å². The zero-order valence-corrected chi connectivity index (χ0v) is 13.7. The Balaban J connectivity index is 1.40. The van der Waals surface area contributed by atoms with Crippen LogP contribution in [-0.2, 0) is 9.53 Å². The van der Waals surface area contributed by atoms with Crippen molar-refractivity contribution in [2.75, 3.05) is 39.8 Å². The van der Waals surface area contributed by atoms with Crippen LogP contribution in [0.5, 0.6) is 0 Å². The fourth-order valence-electron chi connectivity index (χ4n) is 3.58. The van der Waals surface area contributed by atoms with E-state index in [2.05, 4.69) is 15.2 Å². The van der Waals surface area contributed by atoms with Gasteiger partial charge in [-0.15, -0.1) is 0 Å². The normalized spacial score (nSPS) is 26.2. The highest BCUT2D eigenvalue weighted by molar-refractivity contribution is 5.92. The average molecular weight is 334 g/mol. The first kappa shape index (κ1) is 15.6. The largest absolute Gasteiger partial charge is 0.451 e. The molecule has 0 radical (unpaired) electrons. The summed E-state index contributed by atoms with van der Waals surface area (Å²) in [5.41, 5.74) is -0.0440. The summed E-state index contributed by atoms with van der Waals surface area (Å²) in [5.74, 6) is 0.556. The van der Waals surface area contributed by atoms with Gasteiger partial charge in [0.05, 0.1) is 19.7 Å². The van der Waals surface area contributed by atoms with Gasteiger partial charge in [-0.05, 0) is 18.8 Å². The Bertz CT molecular complexity index is 622. The topological polar surface area (TPSA) is 87.9 Å².